The van der Waals surface area contributed by atoms with Crippen LogP contribution in [0.15, 0.2) is 53.6 Å². The number of rotatable bonds is 7. The maximum Gasteiger partial charge on any atom is 0.184 e. The number of benzene rings is 1. The first-order valence-corrected chi connectivity index (χ1v) is 9.97. The zero-order valence-electron chi connectivity index (χ0n) is 16.4. The van der Waals surface area contributed by atoms with Gasteiger partial charge in [0.15, 0.2) is 11.6 Å². The van der Waals surface area contributed by atoms with Gasteiger partial charge in [0.1, 0.15) is 0 Å². The topological polar surface area (TPSA) is 59.3 Å². The lowest BCUT2D eigenvalue weighted by atomic mass is 9.96. The van der Waals surface area contributed by atoms with Crippen molar-refractivity contribution in [2.24, 2.45) is 0 Å². The van der Waals surface area contributed by atoms with Gasteiger partial charge in [0.05, 0.1) is 11.6 Å². The molecule has 4 nitrogen and oxygen atoms in total. The van der Waals surface area contributed by atoms with Gasteiger partial charge in [-0.3, -0.25) is 9.59 Å². The van der Waals surface area contributed by atoms with Crippen molar-refractivity contribution in [1.82, 2.24) is 10.2 Å². The summed E-state index contributed by atoms with van der Waals surface area (Å²) in [7, 11) is 4.01. The minimum Gasteiger partial charge on any atom is -0.305 e. The fraction of sp³-hybridized carbons (Fsp3) is 0.478. The molecule has 1 saturated heterocycles. The summed E-state index contributed by atoms with van der Waals surface area (Å²) in [6, 6.07) is 10.3. The summed E-state index contributed by atoms with van der Waals surface area (Å²) >= 11 is 0. The van der Waals surface area contributed by atoms with Crippen LogP contribution in [-0.4, -0.2) is 49.2 Å². The van der Waals surface area contributed by atoms with Crippen LogP contribution in [0.25, 0.3) is 0 Å². The summed E-state index contributed by atoms with van der Waals surface area (Å²) in [5, 5.41) is 3.29. The Morgan fingerprint density at radius 3 is 2.70 bits per heavy atom. The lowest BCUT2D eigenvalue weighted by Crippen LogP contribution is -2.22. The van der Waals surface area contributed by atoms with E-state index in [1.807, 2.05) is 38.4 Å². The molecule has 0 spiro atoms. The number of hydrogen-bond acceptors (Lipinski definition) is 4. The van der Waals surface area contributed by atoms with Crippen molar-refractivity contribution in [2.75, 3.05) is 20.6 Å². The zero-order chi connectivity index (χ0) is 19.2. The second-order valence-electron chi connectivity index (χ2n) is 7.88. The summed E-state index contributed by atoms with van der Waals surface area (Å²) in [5.41, 5.74) is 2.75. The van der Waals surface area contributed by atoms with Crippen LogP contribution in [0.5, 0.6) is 0 Å². The molecule has 1 N–H and O–H groups in total. The quantitative estimate of drug-likeness (QED) is 0.595. The van der Waals surface area contributed by atoms with Gasteiger partial charge < -0.3 is 10.2 Å². The van der Waals surface area contributed by atoms with Gasteiger partial charge in [0.2, 0.25) is 0 Å². The van der Waals surface area contributed by atoms with Gasteiger partial charge in [-0.2, -0.15) is 0 Å². The van der Waals surface area contributed by atoms with Crippen LogP contribution in [0.1, 0.15) is 37.7 Å². The molecule has 0 radical (unpaired) electrons. The molecule has 1 unspecified atom stereocenters. The monoisotopic (exact) mass is 366 g/mol. The van der Waals surface area contributed by atoms with E-state index in [-0.39, 0.29) is 23.7 Å². The molecule has 1 fully saturated rings. The molecule has 1 heterocycles. The largest absolute Gasteiger partial charge is 0.305 e. The van der Waals surface area contributed by atoms with E-state index in [1.54, 1.807) is 0 Å². The molecular weight excluding hydrogens is 336 g/mol. The van der Waals surface area contributed by atoms with Crippen LogP contribution < -0.4 is 5.32 Å². The molecule has 1 aliphatic carbocycles. The SMILES string of the molecule is CN(C)CC1=CCCCCC(=O)C(C(=O)[C@@H]2NC2CCc2ccccc2)=C1. The molecule has 3 rings (SSSR count). The van der Waals surface area contributed by atoms with E-state index in [0.717, 1.165) is 44.2 Å². The Kier molecular flexibility index (Phi) is 6.75. The molecule has 1 aromatic carbocycles. The highest BCUT2D eigenvalue weighted by Crippen LogP contribution is 2.24. The second kappa shape index (κ2) is 9.25. The number of Topliss-reactive ketones (excluding diaryl/α,β-unsaturated/α-hetero) is 2. The molecule has 0 bridgehead atoms. The molecule has 4 heteroatoms. The number of aryl methyl sites for hydroxylation is 1. The standard InChI is InChI=1S/C23H30N2O2/c1-25(2)16-18-11-7-4-8-12-21(26)19(15-18)23(27)22-20(24-22)14-13-17-9-5-3-6-10-17/h3,5-6,9-11,15,20,22,24H,4,7-8,12-14,16H2,1-2H3/t20?,22-/m1/s1. The van der Waals surface area contributed by atoms with Crippen molar-refractivity contribution in [1.29, 1.82) is 0 Å². The number of nitrogens with zero attached hydrogens (tertiary/aromatic N) is 1. The van der Waals surface area contributed by atoms with Crippen molar-refractivity contribution < 1.29 is 9.59 Å². The maximum absolute atomic E-state index is 13.0. The van der Waals surface area contributed by atoms with E-state index in [1.165, 1.54) is 5.56 Å². The zero-order valence-corrected chi connectivity index (χ0v) is 16.4. The van der Waals surface area contributed by atoms with Crippen molar-refractivity contribution >= 4 is 11.6 Å². The van der Waals surface area contributed by atoms with Gasteiger partial charge >= 0.3 is 0 Å². The third-order valence-electron chi connectivity index (χ3n) is 5.22. The fourth-order valence-electron chi connectivity index (χ4n) is 3.68. The van der Waals surface area contributed by atoms with Crippen molar-refractivity contribution in [3.8, 4) is 0 Å². The fourth-order valence-corrected chi connectivity index (χ4v) is 3.68. The summed E-state index contributed by atoms with van der Waals surface area (Å²) in [4.78, 5) is 27.7. The number of allylic oxidation sites excluding steroid dienone is 1. The first-order chi connectivity index (χ1) is 13.0. The Morgan fingerprint density at radius 2 is 1.96 bits per heavy atom. The first kappa shape index (κ1) is 19.7. The molecule has 1 aromatic rings. The second-order valence-corrected chi connectivity index (χ2v) is 7.88. The molecule has 0 saturated carbocycles. The maximum atomic E-state index is 13.0. The third-order valence-corrected chi connectivity index (χ3v) is 5.22. The van der Waals surface area contributed by atoms with Gasteiger partial charge in [0.25, 0.3) is 0 Å². The highest BCUT2D eigenvalue weighted by Gasteiger charge is 2.43. The number of nitrogens with one attached hydrogen (secondary N) is 1. The van der Waals surface area contributed by atoms with Gasteiger partial charge in [-0.1, -0.05) is 36.4 Å². The Morgan fingerprint density at radius 1 is 1.19 bits per heavy atom. The first-order valence-electron chi connectivity index (χ1n) is 9.97. The van der Waals surface area contributed by atoms with E-state index in [2.05, 4.69) is 28.4 Å². The number of likely N-dealkylation sites (N-methyl/N-ethyl adjacent to an activating group) is 1. The van der Waals surface area contributed by atoms with E-state index in [0.29, 0.717) is 12.0 Å². The van der Waals surface area contributed by atoms with Gasteiger partial charge in [-0.05, 0) is 63.4 Å². The Labute approximate surface area is 162 Å². The van der Waals surface area contributed by atoms with E-state index < -0.39 is 0 Å². The number of ketones is 2. The Hall–Kier alpha value is -2.04. The number of carbonyl (C=O) groups excluding carboxylic acids is 2. The summed E-state index contributed by atoms with van der Waals surface area (Å²) in [6.07, 6.45) is 9.19. The number of hydrogen-bond donors (Lipinski definition) is 1. The predicted molar refractivity (Wildman–Crippen MR) is 109 cm³/mol. The highest BCUT2D eigenvalue weighted by molar-refractivity contribution is 6.23. The third kappa shape index (κ3) is 5.72. The summed E-state index contributed by atoms with van der Waals surface area (Å²) in [5.74, 6) is -0.0216. The summed E-state index contributed by atoms with van der Waals surface area (Å²) in [6.45, 7) is 0.750. The van der Waals surface area contributed by atoms with Crippen LogP contribution in [0.2, 0.25) is 0 Å². The van der Waals surface area contributed by atoms with Crippen LogP contribution in [0, 0.1) is 0 Å². The summed E-state index contributed by atoms with van der Waals surface area (Å²) < 4.78 is 0. The lowest BCUT2D eigenvalue weighted by molar-refractivity contribution is -0.121. The van der Waals surface area contributed by atoms with Gasteiger partial charge in [-0.25, -0.2) is 0 Å². The van der Waals surface area contributed by atoms with Gasteiger partial charge in [0, 0.05) is 19.0 Å². The minimum absolute atomic E-state index is 0.00191. The lowest BCUT2D eigenvalue weighted by Gasteiger charge is -2.12. The molecule has 2 atom stereocenters. The van der Waals surface area contributed by atoms with Crippen LogP contribution in [-0.2, 0) is 16.0 Å². The molecule has 1 aliphatic heterocycles. The Bertz CT molecular complexity index is 734. The molecular formula is C23H30N2O2. The molecule has 0 aromatic heterocycles. The number of carbonyl (C=O) groups is 2. The highest BCUT2D eigenvalue weighted by atomic mass is 16.2. The normalized spacial score (nSPS) is 23.1. The minimum atomic E-state index is -0.203. The van der Waals surface area contributed by atoms with Crippen LogP contribution >= 0.6 is 0 Å². The molecule has 0 amide bonds. The predicted octanol–water partition coefficient (Wildman–Crippen LogP) is 3.09. The van der Waals surface area contributed by atoms with Crippen molar-refractivity contribution in [2.45, 2.75) is 50.6 Å². The van der Waals surface area contributed by atoms with E-state index in [4.69, 9.17) is 0 Å². The molecule has 144 valence electrons. The van der Waals surface area contributed by atoms with Gasteiger partial charge in [-0.15, -0.1) is 0 Å². The average molecular weight is 367 g/mol. The van der Waals surface area contributed by atoms with Crippen LogP contribution in [0.4, 0.5) is 0 Å². The van der Waals surface area contributed by atoms with E-state index >= 15 is 0 Å². The van der Waals surface area contributed by atoms with Crippen molar-refractivity contribution in [3.05, 3.63) is 59.2 Å². The average Bonchev–Trinajstić information content (AvgIpc) is 3.41. The Balaban J connectivity index is 1.66. The molecule has 27 heavy (non-hydrogen) atoms. The van der Waals surface area contributed by atoms with Crippen molar-refractivity contribution in [3.63, 3.8) is 0 Å². The molecule has 2 aliphatic rings. The van der Waals surface area contributed by atoms with Crippen LogP contribution in [0.3, 0.4) is 0 Å². The van der Waals surface area contributed by atoms with E-state index in [9.17, 15) is 9.59 Å². The smallest absolute Gasteiger partial charge is 0.184 e.